The average Bonchev–Trinajstić information content (AvgIpc) is 3.15. The van der Waals surface area contributed by atoms with Crippen molar-refractivity contribution >= 4 is 0 Å². The lowest BCUT2D eigenvalue weighted by Gasteiger charge is -2.32. The Labute approximate surface area is 179 Å². The number of rotatable bonds is 9. The quantitative estimate of drug-likeness (QED) is 0.553. The van der Waals surface area contributed by atoms with Crippen LogP contribution < -0.4 is 5.73 Å². The van der Waals surface area contributed by atoms with Crippen molar-refractivity contribution in [3.05, 3.63) is 77.1 Å². The van der Waals surface area contributed by atoms with Crippen molar-refractivity contribution in [1.29, 1.82) is 0 Å². The second-order valence-electron chi connectivity index (χ2n) is 8.21. The van der Waals surface area contributed by atoms with Crippen LogP contribution in [0.1, 0.15) is 60.2 Å². The van der Waals surface area contributed by atoms with E-state index in [0.29, 0.717) is 6.04 Å². The standard InChI is InChI=1S/C24H32N6/c1-29(21-13-7-11-20-12-8-15-26-24(20)21)18-23-28-27-22(30(23)16-6-5-14-25)17-19-9-3-2-4-10-19/h2-4,8-10,12,15,21H,5-7,11,13-14,16-18,25H2,1H3. The van der Waals surface area contributed by atoms with E-state index in [-0.39, 0.29) is 0 Å². The van der Waals surface area contributed by atoms with Crippen LogP contribution in [0, 0.1) is 0 Å². The molecule has 0 radical (unpaired) electrons. The van der Waals surface area contributed by atoms with Crippen molar-refractivity contribution in [3.8, 4) is 0 Å². The maximum absolute atomic E-state index is 5.74. The molecule has 0 saturated heterocycles. The second kappa shape index (κ2) is 9.96. The van der Waals surface area contributed by atoms with Crippen molar-refractivity contribution < 1.29 is 0 Å². The molecule has 0 bridgehead atoms. The molecule has 2 heterocycles. The smallest absolute Gasteiger partial charge is 0.147 e. The molecule has 0 aliphatic heterocycles. The highest BCUT2D eigenvalue weighted by Gasteiger charge is 2.26. The molecule has 6 nitrogen and oxygen atoms in total. The summed E-state index contributed by atoms with van der Waals surface area (Å²) in [5, 5.41) is 9.17. The Bertz CT molecular complexity index is 936. The van der Waals surface area contributed by atoms with Gasteiger partial charge in [-0.2, -0.15) is 0 Å². The molecule has 158 valence electrons. The first-order valence-electron chi connectivity index (χ1n) is 11.0. The summed E-state index contributed by atoms with van der Waals surface area (Å²) in [6, 6.07) is 15.1. The maximum atomic E-state index is 5.74. The Hall–Kier alpha value is -2.57. The molecule has 1 aliphatic rings. The summed E-state index contributed by atoms with van der Waals surface area (Å²) in [4.78, 5) is 7.10. The molecule has 2 aromatic heterocycles. The van der Waals surface area contributed by atoms with E-state index in [9.17, 15) is 0 Å². The van der Waals surface area contributed by atoms with Crippen LogP contribution in [0.4, 0.5) is 0 Å². The van der Waals surface area contributed by atoms with Crippen LogP contribution in [0.3, 0.4) is 0 Å². The van der Waals surface area contributed by atoms with Gasteiger partial charge in [0.2, 0.25) is 0 Å². The number of benzene rings is 1. The monoisotopic (exact) mass is 404 g/mol. The zero-order chi connectivity index (χ0) is 20.8. The third-order valence-electron chi connectivity index (χ3n) is 6.03. The number of aromatic nitrogens is 4. The Kier molecular flexibility index (Phi) is 6.87. The minimum Gasteiger partial charge on any atom is -0.330 e. The Morgan fingerprint density at radius 3 is 2.73 bits per heavy atom. The van der Waals surface area contributed by atoms with Gasteiger partial charge < -0.3 is 10.3 Å². The molecule has 1 aromatic carbocycles. The molecule has 0 fully saturated rings. The van der Waals surface area contributed by atoms with Gasteiger partial charge in [0.15, 0.2) is 0 Å². The van der Waals surface area contributed by atoms with E-state index in [2.05, 4.69) is 57.0 Å². The fourth-order valence-corrected chi connectivity index (χ4v) is 4.42. The molecule has 30 heavy (non-hydrogen) atoms. The minimum absolute atomic E-state index is 0.335. The van der Waals surface area contributed by atoms with Gasteiger partial charge >= 0.3 is 0 Å². The van der Waals surface area contributed by atoms with Crippen molar-refractivity contribution in [2.45, 2.75) is 57.7 Å². The first-order valence-corrected chi connectivity index (χ1v) is 11.0. The number of nitrogens with zero attached hydrogens (tertiary/aromatic N) is 5. The summed E-state index contributed by atoms with van der Waals surface area (Å²) in [7, 11) is 2.18. The largest absolute Gasteiger partial charge is 0.330 e. The molecule has 0 amide bonds. The van der Waals surface area contributed by atoms with E-state index >= 15 is 0 Å². The third-order valence-corrected chi connectivity index (χ3v) is 6.03. The molecule has 1 aliphatic carbocycles. The Balaban J connectivity index is 1.54. The van der Waals surface area contributed by atoms with Gasteiger partial charge in [-0.3, -0.25) is 9.88 Å². The molecule has 1 unspecified atom stereocenters. The zero-order valence-electron chi connectivity index (χ0n) is 17.9. The van der Waals surface area contributed by atoms with Crippen LogP contribution in [0.15, 0.2) is 48.7 Å². The molecular weight excluding hydrogens is 372 g/mol. The Morgan fingerprint density at radius 2 is 1.90 bits per heavy atom. The second-order valence-corrected chi connectivity index (χ2v) is 8.21. The van der Waals surface area contributed by atoms with Crippen LogP contribution in [-0.4, -0.2) is 38.2 Å². The fraction of sp³-hybridized carbons (Fsp3) is 0.458. The van der Waals surface area contributed by atoms with Gasteiger partial charge in [-0.15, -0.1) is 10.2 Å². The van der Waals surface area contributed by atoms with Gasteiger partial charge in [-0.1, -0.05) is 36.4 Å². The number of aryl methyl sites for hydroxylation is 1. The van der Waals surface area contributed by atoms with E-state index in [1.54, 1.807) is 0 Å². The number of fused-ring (bicyclic) bond motifs is 1. The predicted molar refractivity (Wildman–Crippen MR) is 119 cm³/mol. The van der Waals surface area contributed by atoms with Crippen LogP contribution in [0.25, 0.3) is 0 Å². The summed E-state index contributed by atoms with van der Waals surface area (Å²) >= 11 is 0. The van der Waals surface area contributed by atoms with Crippen molar-refractivity contribution in [1.82, 2.24) is 24.6 Å². The highest BCUT2D eigenvalue weighted by atomic mass is 15.3. The minimum atomic E-state index is 0.335. The highest BCUT2D eigenvalue weighted by Crippen LogP contribution is 2.32. The fourth-order valence-electron chi connectivity index (χ4n) is 4.42. The number of nitrogens with two attached hydrogens (primary N) is 1. The van der Waals surface area contributed by atoms with Gasteiger partial charge in [-0.05, 0) is 62.9 Å². The summed E-state index contributed by atoms with van der Waals surface area (Å²) in [6.45, 7) is 2.40. The van der Waals surface area contributed by atoms with Crippen molar-refractivity contribution in [2.24, 2.45) is 5.73 Å². The SMILES string of the molecule is CN(Cc1nnc(Cc2ccccc2)n1CCCCN)C1CCCc2cccnc21. The summed E-state index contributed by atoms with van der Waals surface area (Å²) in [5.41, 5.74) is 9.61. The van der Waals surface area contributed by atoms with E-state index in [1.807, 2.05) is 18.3 Å². The normalized spacial score (nSPS) is 16.0. The third kappa shape index (κ3) is 4.77. The predicted octanol–water partition coefficient (Wildman–Crippen LogP) is 3.51. The van der Waals surface area contributed by atoms with Gasteiger partial charge in [0, 0.05) is 19.2 Å². The highest BCUT2D eigenvalue weighted by molar-refractivity contribution is 5.25. The number of hydrogen-bond donors (Lipinski definition) is 1. The van der Waals surface area contributed by atoms with Crippen LogP contribution >= 0.6 is 0 Å². The number of hydrogen-bond acceptors (Lipinski definition) is 5. The topological polar surface area (TPSA) is 72.9 Å². The van der Waals surface area contributed by atoms with Gasteiger partial charge in [0.25, 0.3) is 0 Å². The lowest BCUT2D eigenvalue weighted by atomic mass is 9.91. The van der Waals surface area contributed by atoms with Crippen molar-refractivity contribution in [2.75, 3.05) is 13.6 Å². The van der Waals surface area contributed by atoms with E-state index in [0.717, 1.165) is 63.4 Å². The van der Waals surface area contributed by atoms with Crippen LogP contribution in [-0.2, 0) is 25.9 Å². The summed E-state index contributed by atoms with van der Waals surface area (Å²) in [5.74, 6) is 2.06. The summed E-state index contributed by atoms with van der Waals surface area (Å²) < 4.78 is 2.31. The maximum Gasteiger partial charge on any atom is 0.147 e. The summed E-state index contributed by atoms with van der Waals surface area (Å²) in [6.07, 6.45) is 8.24. The lowest BCUT2D eigenvalue weighted by Crippen LogP contribution is -2.29. The first kappa shape index (κ1) is 20.7. The molecular formula is C24H32N6. The molecule has 6 heteroatoms. The Morgan fingerprint density at radius 1 is 1.07 bits per heavy atom. The molecule has 0 spiro atoms. The number of pyridine rings is 1. The van der Waals surface area contributed by atoms with Gasteiger partial charge in [0.05, 0.1) is 18.3 Å². The first-order chi connectivity index (χ1) is 14.8. The van der Waals surface area contributed by atoms with Gasteiger partial charge in [-0.25, -0.2) is 0 Å². The molecule has 1 atom stereocenters. The zero-order valence-corrected chi connectivity index (χ0v) is 17.9. The molecule has 2 N–H and O–H groups in total. The van der Waals surface area contributed by atoms with E-state index in [4.69, 9.17) is 10.7 Å². The van der Waals surface area contributed by atoms with Crippen LogP contribution in [0.2, 0.25) is 0 Å². The molecule has 0 saturated carbocycles. The number of unbranched alkanes of at least 4 members (excludes halogenated alkanes) is 1. The van der Waals surface area contributed by atoms with Gasteiger partial charge in [0.1, 0.15) is 11.6 Å². The van der Waals surface area contributed by atoms with Crippen LogP contribution in [0.5, 0.6) is 0 Å². The average molecular weight is 405 g/mol. The lowest BCUT2D eigenvalue weighted by molar-refractivity contribution is 0.200. The van der Waals surface area contributed by atoms with E-state index in [1.165, 1.54) is 23.2 Å². The van der Waals surface area contributed by atoms with Crippen molar-refractivity contribution in [3.63, 3.8) is 0 Å². The molecule has 4 rings (SSSR count). The van der Waals surface area contributed by atoms with E-state index < -0.39 is 0 Å². The molecule has 3 aromatic rings.